The van der Waals surface area contributed by atoms with E-state index in [1.807, 2.05) is 17.8 Å². The normalized spacial score (nSPS) is 10.8. The van der Waals surface area contributed by atoms with Crippen molar-refractivity contribution >= 4 is 34.0 Å². The Balaban J connectivity index is 2.11. The third kappa shape index (κ3) is 3.41. The van der Waals surface area contributed by atoms with Gasteiger partial charge in [-0.1, -0.05) is 0 Å². The Kier molecular flexibility index (Phi) is 4.68. The number of benzene rings is 1. The van der Waals surface area contributed by atoms with Crippen molar-refractivity contribution in [1.82, 2.24) is 9.97 Å². The summed E-state index contributed by atoms with van der Waals surface area (Å²) in [5.74, 6) is 1.17. The van der Waals surface area contributed by atoms with Crippen molar-refractivity contribution in [3.8, 4) is 0 Å². The van der Waals surface area contributed by atoms with Crippen LogP contribution in [0.2, 0.25) is 0 Å². The van der Waals surface area contributed by atoms with Gasteiger partial charge >= 0.3 is 0 Å². The first-order valence-electron chi connectivity index (χ1n) is 6.22. The summed E-state index contributed by atoms with van der Waals surface area (Å²) in [6, 6.07) is 3.50. The minimum atomic E-state index is -0.164. The molecule has 1 aromatic carbocycles. The second kappa shape index (κ2) is 6.47. The number of hydrogen-bond acceptors (Lipinski definition) is 5. The van der Waals surface area contributed by atoms with E-state index in [1.54, 1.807) is 6.07 Å². The Bertz CT molecular complexity index is 611. The van der Waals surface area contributed by atoms with Crippen molar-refractivity contribution in [2.45, 2.75) is 12.8 Å². The minimum absolute atomic E-state index is 0.164. The van der Waals surface area contributed by atoms with Gasteiger partial charge < -0.3 is 16.0 Å². The molecule has 6 heteroatoms. The van der Waals surface area contributed by atoms with Crippen molar-refractivity contribution in [1.29, 1.82) is 0 Å². The minimum Gasteiger partial charge on any atom is -0.397 e. The summed E-state index contributed by atoms with van der Waals surface area (Å²) in [6.45, 7) is 0.874. The van der Waals surface area contributed by atoms with Crippen LogP contribution >= 0.6 is 11.8 Å². The van der Waals surface area contributed by atoms with Gasteiger partial charge in [0.2, 0.25) is 0 Å². The summed E-state index contributed by atoms with van der Waals surface area (Å²) < 4.78 is 0. The van der Waals surface area contributed by atoms with E-state index in [0.717, 1.165) is 18.7 Å². The number of thioether (sulfide) groups is 1. The first-order chi connectivity index (χ1) is 9.22. The third-order valence-corrected chi connectivity index (χ3v) is 3.60. The molecule has 0 saturated heterocycles. The molecule has 1 heterocycles. The average Bonchev–Trinajstić information content (AvgIpc) is 2.40. The van der Waals surface area contributed by atoms with Gasteiger partial charge in [-0.2, -0.15) is 11.8 Å². The molecule has 0 atom stereocenters. The van der Waals surface area contributed by atoms with E-state index in [4.69, 9.17) is 5.73 Å². The maximum atomic E-state index is 11.6. The molecule has 19 heavy (non-hydrogen) atoms. The van der Waals surface area contributed by atoms with Crippen LogP contribution in [-0.4, -0.2) is 28.5 Å². The van der Waals surface area contributed by atoms with Crippen LogP contribution in [0.4, 0.5) is 11.4 Å². The Hall–Kier alpha value is -1.69. The quantitative estimate of drug-likeness (QED) is 0.556. The number of hydrogen-bond donors (Lipinski definition) is 3. The number of H-pyrrole nitrogens is 1. The Morgan fingerprint density at radius 3 is 3.05 bits per heavy atom. The number of fused-ring (bicyclic) bond motifs is 1. The standard InChI is InChI=1S/C13H18N4OS/c1-19-5-3-2-4-15-12-7-11-9(6-10(12)14)13(18)17-8-16-11/h6-8,15H,2-5,14H2,1H3,(H,16,17,18). The second-order valence-electron chi connectivity index (χ2n) is 4.31. The van der Waals surface area contributed by atoms with E-state index < -0.39 is 0 Å². The lowest BCUT2D eigenvalue weighted by molar-refractivity contribution is 0.844. The van der Waals surface area contributed by atoms with Gasteiger partial charge in [-0.25, -0.2) is 4.98 Å². The zero-order valence-electron chi connectivity index (χ0n) is 10.9. The lowest BCUT2D eigenvalue weighted by atomic mass is 10.2. The summed E-state index contributed by atoms with van der Waals surface area (Å²) in [6.07, 6.45) is 5.79. The molecule has 4 N–H and O–H groups in total. The molecule has 5 nitrogen and oxygen atoms in total. The van der Waals surface area contributed by atoms with E-state index in [9.17, 15) is 4.79 Å². The SMILES string of the molecule is CSCCCCNc1cc2nc[nH]c(=O)c2cc1N. The first kappa shape index (κ1) is 13.7. The number of rotatable bonds is 6. The fraction of sp³-hybridized carbons (Fsp3) is 0.385. The smallest absolute Gasteiger partial charge is 0.258 e. The van der Waals surface area contributed by atoms with Crippen LogP contribution in [0.25, 0.3) is 10.9 Å². The molecular weight excluding hydrogens is 260 g/mol. The summed E-state index contributed by atoms with van der Waals surface area (Å²) in [7, 11) is 0. The van der Waals surface area contributed by atoms with Crippen molar-refractivity contribution in [3.63, 3.8) is 0 Å². The molecule has 0 aliphatic heterocycles. The van der Waals surface area contributed by atoms with Gasteiger partial charge in [0.05, 0.1) is 28.6 Å². The largest absolute Gasteiger partial charge is 0.397 e. The van der Waals surface area contributed by atoms with Gasteiger partial charge in [-0.05, 0) is 37.0 Å². The summed E-state index contributed by atoms with van der Waals surface area (Å²) in [4.78, 5) is 18.3. The number of anilines is 2. The van der Waals surface area contributed by atoms with E-state index in [-0.39, 0.29) is 5.56 Å². The number of nitrogens with two attached hydrogens (primary N) is 1. The van der Waals surface area contributed by atoms with Gasteiger partial charge in [0.1, 0.15) is 0 Å². The molecule has 0 radical (unpaired) electrons. The van der Waals surface area contributed by atoms with Gasteiger partial charge in [-0.15, -0.1) is 0 Å². The number of aromatic amines is 1. The van der Waals surface area contributed by atoms with Crippen LogP contribution in [0.15, 0.2) is 23.3 Å². The third-order valence-electron chi connectivity index (χ3n) is 2.90. The molecule has 0 aliphatic rings. The summed E-state index contributed by atoms with van der Waals surface area (Å²) in [5.41, 5.74) is 7.86. The van der Waals surface area contributed by atoms with E-state index in [0.29, 0.717) is 16.6 Å². The highest BCUT2D eigenvalue weighted by Crippen LogP contribution is 2.22. The lowest BCUT2D eigenvalue weighted by Gasteiger charge is -2.10. The van der Waals surface area contributed by atoms with Gasteiger partial charge in [0.15, 0.2) is 0 Å². The molecular formula is C13H18N4OS. The molecule has 0 unspecified atom stereocenters. The van der Waals surface area contributed by atoms with Crippen molar-refractivity contribution in [2.75, 3.05) is 29.6 Å². The highest BCUT2D eigenvalue weighted by atomic mass is 32.2. The van der Waals surface area contributed by atoms with Crippen molar-refractivity contribution in [3.05, 3.63) is 28.8 Å². The average molecular weight is 278 g/mol. The predicted molar refractivity (Wildman–Crippen MR) is 82.9 cm³/mol. The molecule has 0 spiro atoms. The van der Waals surface area contributed by atoms with E-state index in [2.05, 4.69) is 21.5 Å². The van der Waals surface area contributed by atoms with Crippen LogP contribution in [0.5, 0.6) is 0 Å². The number of nitrogens with one attached hydrogen (secondary N) is 2. The first-order valence-corrected chi connectivity index (χ1v) is 7.61. The van der Waals surface area contributed by atoms with E-state index >= 15 is 0 Å². The Labute approximate surface area is 116 Å². The number of aromatic nitrogens is 2. The van der Waals surface area contributed by atoms with Crippen molar-refractivity contribution in [2.24, 2.45) is 0 Å². The Morgan fingerprint density at radius 1 is 1.42 bits per heavy atom. The molecule has 102 valence electrons. The van der Waals surface area contributed by atoms with Gasteiger partial charge in [0.25, 0.3) is 5.56 Å². The van der Waals surface area contributed by atoms with Crippen LogP contribution in [0, 0.1) is 0 Å². The number of nitrogen functional groups attached to an aromatic ring is 1. The highest BCUT2D eigenvalue weighted by Gasteiger charge is 2.05. The number of unbranched alkanes of at least 4 members (excludes halogenated alkanes) is 1. The fourth-order valence-corrected chi connectivity index (χ4v) is 2.37. The summed E-state index contributed by atoms with van der Waals surface area (Å²) in [5, 5.41) is 3.82. The molecule has 0 amide bonds. The molecule has 2 aromatic rings. The maximum Gasteiger partial charge on any atom is 0.258 e. The lowest BCUT2D eigenvalue weighted by Crippen LogP contribution is -2.09. The number of nitrogens with zero attached hydrogens (tertiary/aromatic N) is 1. The topological polar surface area (TPSA) is 83.8 Å². The summed E-state index contributed by atoms with van der Waals surface area (Å²) >= 11 is 1.85. The van der Waals surface area contributed by atoms with Crippen molar-refractivity contribution < 1.29 is 0 Å². The van der Waals surface area contributed by atoms with Crippen LogP contribution in [0.1, 0.15) is 12.8 Å². The van der Waals surface area contributed by atoms with Crippen LogP contribution < -0.4 is 16.6 Å². The second-order valence-corrected chi connectivity index (χ2v) is 5.30. The molecule has 1 aromatic heterocycles. The molecule has 0 aliphatic carbocycles. The van der Waals surface area contributed by atoms with Gasteiger partial charge in [-0.3, -0.25) is 4.79 Å². The monoisotopic (exact) mass is 278 g/mol. The van der Waals surface area contributed by atoms with Crippen LogP contribution in [-0.2, 0) is 0 Å². The molecule has 0 saturated carbocycles. The maximum absolute atomic E-state index is 11.6. The zero-order valence-corrected chi connectivity index (χ0v) is 11.7. The molecule has 2 rings (SSSR count). The fourth-order valence-electron chi connectivity index (χ4n) is 1.88. The molecule has 0 fully saturated rings. The molecule has 0 bridgehead atoms. The van der Waals surface area contributed by atoms with Crippen LogP contribution in [0.3, 0.4) is 0 Å². The Morgan fingerprint density at radius 2 is 2.26 bits per heavy atom. The predicted octanol–water partition coefficient (Wildman–Crippen LogP) is 2.06. The highest BCUT2D eigenvalue weighted by molar-refractivity contribution is 7.98. The van der Waals surface area contributed by atoms with E-state index in [1.165, 1.54) is 18.5 Å². The zero-order chi connectivity index (χ0) is 13.7. The van der Waals surface area contributed by atoms with Gasteiger partial charge in [0, 0.05) is 6.54 Å².